The molecule has 0 aliphatic carbocycles. The Hall–Kier alpha value is -1.44. The summed E-state index contributed by atoms with van der Waals surface area (Å²) in [5.74, 6) is 0.795. The average Bonchev–Trinajstić information content (AvgIpc) is 3.19. The lowest BCUT2D eigenvalue weighted by Gasteiger charge is -2.37. The van der Waals surface area contributed by atoms with Crippen LogP contribution in [0.25, 0.3) is 0 Å². The number of para-hydroxylation sites is 1. The molecule has 0 N–H and O–H groups in total. The highest BCUT2D eigenvalue weighted by Crippen LogP contribution is 2.27. The third-order valence-electron chi connectivity index (χ3n) is 5.68. The van der Waals surface area contributed by atoms with E-state index in [-0.39, 0.29) is 11.9 Å². The number of hydrogen-bond donors (Lipinski definition) is 0. The lowest BCUT2D eigenvalue weighted by atomic mass is 10.2. The van der Waals surface area contributed by atoms with Crippen LogP contribution in [-0.2, 0) is 21.1 Å². The van der Waals surface area contributed by atoms with E-state index in [1.807, 2.05) is 23.1 Å². The molecule has 0 unspecified atom stereocenters. The van der Waals surface area contributed by atoms with Crippen LogP contribution < -0.4 is 4.90 Å². The lowest BCUT2D eigenvalue weighted by Crippen LogP contribution is -2.53. The number of benzene rings is 1. The summed E-state index contributed by atoms with van der Waals surface area (Å²) in [5.41, 5.74) is 2.31. The SMILES string of the molecule is O=C(CN1CCN([C@H]2CCS(=O)(=O)C2)CC1)N1CCc2ccccc21. The van der Waals surface area contributed by atoms with E-state index in [0.29, 0.717) is 18.1 Å². The Morgan fingerprint density at radius 1 is 1.08 bits per heavy atom. The number of rotatable bonds is 3. The van der Waals surface area contributed by atoms with E-state index in [9.17, 15) is 13.2 Å². The molecule has 1 aromatic rings. The molecule has 4 rings (SSSR count). The van der Waals surface area contributed by atoms with Crippen molar-refractivity contribution in [3.63, 3.8) is 0 Å². The predicted molar refractivity (Wildman–Crippen MR) is 97.6 cm³/mol. The van der Waals surface area contributed by atoms with E-state index >= 15 is 0 Å². The Balaban J connectivity index is 1.30. The zero-order valence-electron chi connectivity index (χ0n) is 14.4. The van der Waals surface area contributed by atoms with Gasteiger partial charge in [-0.25, -0.2) is 8.42 Å². The minimum atomic E-state index is -2.83. The highest BCUT2D eigenvalue weighted by molar-refractivity contribution is 7.91. The third kappa shape index (κ3) is 3.59. The van der Waals surface area contributed by atoms with Crippen LogP contribution in [-0.4, -0.2) is 80.9 Å². The Kier molecular flexibility index (Phi) is 4.56. The fraction of sp³-hybridized carbons (Fsp3) is 0.611. The van der Waals surface area contributed by atoms with Crippen molar-refractivity contribution >= 4 is 21.4 Å². The van der Waals surface area contributed by atoms with Gasteiger partial charge in [0.05, 0.1) is 18.1 Å². The van der Waals surface area contributed by atoms with E-state index in [4.69, 9.17) is 0 Å². The minimum Gasteiger partial charge on any atom is -0.311 e. The lowest BCUT2D eigenvalue weighted by molar-refractivity contribution is -0.120. The molecule has 3 aliphatic rings. The molecule has 0 bridgehead atoms. The van der Waals surface area contributed by atoms with Crippen molar-refractivity contribution in [3.05, 3.63) is 29.8 Å². The van der Waals surface area contributed by atoms with Crippen LogP contribution in [0, 0.1) is 0 Å². The number of nitrogens with zero attached hydrogens (tertiary/aromatic N) is 3. The number of fused-ring (bicyclic) bond motifs is 1. The summed E-state index contributed by atoms with van der Waals surface area (Å²) in [4.78, 5) is 19.1. The smallest absolute Gasteiger partial charge is 0.241 e. The molecule has 1 atom stereocenters. The molecule has 2 fully saturated rings. The molecule has 7 heteroatoms. The minimum absolute atomic E-state index is 0.168. The summed E-state index contributed by atoms with van der Waals surface area (Å²) in [7, 11) is -2.83. The van der Waals surface area contributed by atoms with Gasteiger partial charge < -0.3 is 4.90 Å². The fourth-order valence-electron chi connectivity index (χ4n) is 4.22. The summed E-state index contributed by atoms with van der Waals surface area (Å²) in [6, 6.07) is 8.30. The first kappa shape index (κ1) is 17.0. The largest absolute Gasteiger partial charge is 0.311 e. The van der Waals surface area contributed by atoms with Gasteiger partial charge in [0.15, 0.2) is 9.84 Å². The van der Waals surface area contributed by atoms with E-state index in [1.54, 1.807) is 0 Å². The van der Waals surface area contributed by atoms with Crippen molar-refractivity contribution < 1.29 is 13.2 Å². The normalized spacial score (nSPS) is 26.7. The number of anilines is 1. The van der Waals surface area contributed by atoms with E-state index in [0.717, 1.165) is 51.3 Å². The number of piperazine rings is 1. The highest BCUT2D eigenvalue weighted by atomic mass is 32.2. The van der Waals surface area contributed by atoms with Crippen molar-refractivity contribution in [1.29, 1.82) is 0 Å². The number of carbonyl (C=O) groups is 1. The second-order valence-corrected chi connectivity index (χ2v) is 9.52. The Labute approximate surface area is 149 Å². The molecule has 0 spiro atoms. The predicted octanol–water partition coefficient (Wildman–Crippen LogP) is 0.380. The molecule has 1 aromatic carbocycles. The van der Waals surface area contributed by atoms with Gasteiger partial charge in [0.1, 0.15) is 0 Å². The van der Waals surface area contributed by atoms with Crippen molar-refractivity contribution in [3.8, 4) is 0 Å². The fourth-order valence-corrected chi connectivity index (χ4v) is 5.99. The number of sulfone groups is 1. The third-order valence-corrected chi connectivity index (χ3v) is 7.43. The first-order valence-corrected chi connectivity index (χ1v) is 10.9. The molecule has 0 aromatic heterocycles. The molecular formula is C18H25N3O3S. The van der Waals surface area contributed by atoms with Gasteiger partial charge in [-0.2, -0.15) is 0 Å². The van der Waals surface area contributed by atoms with Gasteiger partial charge in [0, 0.05) is 44.5 Å². The van der Waals surface area contributed by atoms with Crippen molar-refractivity contribution in [1.82, 2.24) is 9.80 Å². The maximum atomic E-state index is 12.7. The van der Waals surface area contributed by atoms with Crippen LogP contribution in [0.4, 0.5) is 5.69 Å². The van der Waals surface area contributed by atoms with E-state index in [1.165, 1.54) is 5.56 Å². The quantitative estimate of drug-likeness (QED) is 0.777. The molecular weight excluding hydrogens is 338 g/mol. The zero-order chi connectivity index (χ0) is 17.4. The van der Waals surface area contributed by atoms with Crippen LogP contribution in [0.1, 0.15) is 12.0 Å². The molecule has 6 nitrogen and oxygen atoms in total. The van der Waals surface area contributed by atoms with Crippen LogP contribution in [0.3, 0.4) is 0 Å². The summed E-state index contributed by atoms with van der Waals surface area (Å²) >= 11 is 0. The van der Waals surface area contributed by atoms with Gasteiger partial charge in [0.25, 0.3) is 0 Å². The van der Waals surface area contributed by atoms with Gasteiger partial charge in [-0.05, 0) is 24.5 Å². The van der Waals surface area contributed by atoms with E-state index in [2.05, 4.69) is 15.9 Å². The Morgan fingerprint density at radius 3 is 2.56 bits per heavy atom. The summed E-state index contributed by atoms with van der Waals surface area (Å²) < 4.78 is 23.3. The van der Waals surface area contributed by atoms with Crippen molar-refractivity contribution in [2.24, 2.45) is 0 Å². The maximum Gasteiger partial charge on any atom is 0.241 e. The van der Waals surface area contributed by atoms with Crippen LogP contribution in [0.15, 0.2) is 24.3 Å². The summed E-state index contributed by atoms with van der Waals surface area (Å²) in [6.07, 6.45) is 1.69. The van der Waals surface area contributed by atoms with Gasteiger partial charge >= 0.3 is 0 Å². The van der Waals surface area contributed by atoms with Crippen molar-refractivity contribution in [2.45, 2.75) is 18.9 Å². The van der Waals surface area contributed by atoms with Gasteiger partial charge in [0.2, 0.25) is 5.91 Å². The molecule has 3 aliphatic heterocycles. The van der Waals surface area contributed by atoms with Crippen LogP contribution in [0.2, 0.25) is 0 Å². The molecule has 0 saturated carbocycles. The number of hydrogen-bond acceptors (Lipinski definition) is 5. The van der Waals surface area contributed by atoms with Gasteiger partial charge in [-0.1, -0.05) is 18.2 Å². The summed E-state index contributed by atoms with van der Waals surface area (Å²) in [6.45, 7) is 4.59. The van der Waals surface area contributed by atoms with E-state index < -0.39 is 9.84 Å². The number of amides is 1. The van der Waals surface area contributed by atoms with Gasteiger partial charge in [-0.3, -0.25) is 14.6 Å². The number of carbonyl (C=O) groups excluding carboxylic acids is 1. The molecule has 0 radical (unpaired) electrons. The Morgan fingerprint density at radius 2 is 1.84 bits per heavy atom. The Bertz CT molecular complexity index is 757. The summed E-state index contributed by atoms with van der Waals surface area (Å²) in [5, 5.41) is 0. The first-order chi connectivity index (χ1) is 12.0. The highest BCUT2D eigenvalue weighted by Gasteiger charge is 2.34. The molecule has 2 saturated heterocycles. The molecule has 136 valence electrons. The second kappa shape index (κ2) is 6.70. The van der Waals surface area contributed by atoms with Gasteiger partial charge in [-0.15, -0.1) is 0 Å². The standard InChI is InChI=1S/C18H25N3O3S/c22-18(21-7-5-15-3-1-2-4-17(15)21)13-19-8-10-20(11-9-19)16-6-12-25(23,24)14-16/h1-4,16H,5-14H2/t16-/m0/s1. The van der Waals surface area contributed by atoms with Crippen LogP contribution >= 0.6 is 0 Å². The molecule has 3 heterocycles. The average molecular weight is 363 g/mol. The molecule has 25 heavy (non-hydrogen) atoms. The monoisotopic (exact) mass is 363 g/mol. The van der Waals surface area contributed by atoms with Crippen LogP contribution in [0.5, 0.6) is 0 Å². The molecule has 1 amide bonds. The maximum absolute atomic E-state index is 12.7. The topological polar surface area (TPSA) is 60.9 Å². The zero-order valence-corrected chi connectivity index (χ0v) is 15.2. The van der Waals surface area contributed by atoms with Crippen molar-refractivity contribution in [2.75, 3.05) is 55.7 Å². The second-order valence-electron chi connectivity index (χ2n) is 7.29. The first-order valence-electron chi connectivity index (χ1n) is 9.07.